The van der Waals surface area contributed by atoms with Gasteiger partial charge in [0.1, 0.15) is 28.7 Å². The number of amides is 2. The van der Waals surface area contributed by atoms with E-state index in [4.69, 9.17) is 9.94 Å². The molecule has 0 aliphatic carbocycles. The molecule has 0 fully saturated rings. The van der Waals surface area contributed by atoms with Crippen molar-refractivity contribution in [2.24, 2.45) is 0 Å². The molecule has 0 saturated heterocycles. The van der Waals surface area contributed by atoms with E-state index in [-0.39, 0.29) is 17.0 Å². The van der Waals surface area contributed by atoms with Crippen molar-refractivity contribution in [1.29, 1.82) is 0 Å². The summed E-state index contributed by atoms with van der Waals surface area (Å²) in [7, 11) is 0. The molecule has 0 atom stereocenters. The maximum Gasteiger partial charge on any atom is 0.573 e. The van der Waals surface area contributed by atoms with E-state index in [0.717, 1.165) is 42.5 Å². The van der Waals surface area contributed by atoms with E-state index >= 15 is 4.39 Å². The van der Waals surface area contributed by atoms with Crippen LogP contribution in [0.3, 0.4) is 0 Å². The zero-order valence-corrected chi connectivity index (χ0v) is 17.5. The van der Waals surface area contributed by atoms with Gasteiger partial charge in [0.05, 0.1) is 5.56 Å². The van der Waals surface area contributed by atoms with Crippen LogP contribution in [0.15, 0.2) is 48.5 Å². The minimum absolute atomic E-state index is 0.0342. The summed E-state index contributed by atoms with van der Waals surface area (Å²) in [4.78, 5) is 24.4. The summed E-state index contributed by atoms with van der Waals surface area (Å²) < 4.78 is 89.3. The highest BCUT2D eigenvalue weighted by atomic mass is 19.4. The molecule has 0 bridgehead atoms. The van der Waals surface area contributed by atoms with E-state index in [2.05, 4.69) is 10.1 Å². The Kier molecular flexibility index (Phi) is 7.20. The number of benzene rings is 3. The number of hydrogen-bond donors (Lipinski definition) is 3. The molecule has 0 saturated carbocycles. The molecule has 0 spiro atoms. The molecule has 184 valence electrons. The number of hydroxylamine groups is 1. The molecule has 0 radical (unpaired) electrons. The Bertz CT molecular complexity index is 1300. The van der Waals surface area contributed by atoms with Crippen molar-refractivity contribution in [1.82, 2.24) is 5.48 Å². The predicted octanol–water partition coefficient (Wildman–Crippen LogP) is 5.47. The lowest BCUT2D eigenvalue weighted by Crippen LogP contribution is -2.22. The van der Waals surface area contributed by atoms with E-state index < -0.39 is 58.3 Å². The highest BCUT2D eigenvalue weighted by Crippen LogP contribution is 2.36. The van der Waals surface area contributed by atoms with Gasteiger partial charge >= 0.3 is 6.36 Å². The lowest BCUT2D eigenvalue weighted by Gasteiger charge is -2.17. The van der Waals surface area contributed by atoms with Gasteiger partial charge in [-0.05, 0) is 61.0 Å². The highest BCUT2D eigenvalue weighted by Gasteiger charge is 2.34. The van der Waals surface area contributed by atoms with Gasteiger partial charge in [-0.3, -0.25) is 14.8 Å². The van der Waals surface area contributed by atoms with Crippen molar-refractivity contribution < 1.29 is 50.6 Å². The number of nitrogens with one attached hydrogen (secondary N) is 2. The zero-order valence-electron chi connectivity index (χ0n) is 17.5. The van der Waals surface area contributed by atoms with Gasteiger partial charge in [-0.15, -0.1) is 13.2 Å². The molecular weight excluding hydrogens is 486 g/mol. The third-order valence-corrected chi connectivity index (χ3v) is 4.45. The molecule has 0 aliphatic heterocycles. The van der Waals surface area contributed by atoms with Gasteiger partial charge in [-0.1, -0.05) is 0 Å². The van der Waals surface area contributed by atoms with Gasteiger partial charge in [-0.2, -0.15) is 0 Å². The molecule has 3 aromatic carbocycles. The summed E-state index contributed by atoms with van der Waals surface area (Å²) in [6, 6.07) is 7.15. The number of aryl methyl sites for hydroxylation is 1. The lowest BCUT2D eigenvalue weighted by molar-refractivity contribution is -0.275. The summed E-state index contributed by atoms with van der Waals surface area (Å²) >= 11 is 0. The van der Waals surface area contributed by atoms with Crippen LogP contribution in [0.2, 0.25) is 0 Å². The molecule has 0 unspecified atom stereocenters. The van der Waals surface area contributed by atoms with Crippen LogP contribution in [0, 0.1) is 24.4 Å². The van der Waals surface area contributed by atoms with E-state index in [0.29, 0.717) is 6.07 Å². The Balaban J connectivity index is 2.05. The fraction of sp³-hybridized carbons (Fsp3) is 0.0909. The van der Waals surface area contributed by atoms with E-state index in [1.807, 2.05) is 0 Å². The third-order valence-electron chi connectivity index (χ3n) is 4.45. The predicted molar refractivity (Wildman–Crippen MR) is 108 cm³/mol. The molecule has 0 heterocycles. The van der Waals surface area contributed by atoms with E-state index in [1.165, 1.54) is 12.4 Å². The highest BCUT2D eigenvalue weighted by molar-refractivity contribution is 6.07. The number of anilines is 1. The fourth-order valence-corrected chi connectivity index (χ4v) is 2.92. The van der Waals surface area contributed by atoms with Gasteiger partial charge in [0.2, 0.25) is 0 Å². The first kappa shape index (κ1) is 25.4. The second-order valence-corrected chi connectivity index (χ2v) is 6.90. The first-order chi connectivity index (χ1) is 16.4. The minimum atomic E-state index is -5.28. The normalized spacial score (nSPS) is 11.1. The SMILES string of the molecule is Cc1cc(F)ccc1Oc1ccc(OC(F)(F)F)c(F)c1C(=O)Nc1ccc(F)c(C(=O)NO)c1. The summed E-state index contributed by atoms with van der Waals surface area (Å²) in [6.45, 7) is 1.43. The molecule has 3 aromatic rings. The number of carbonyl (C=O) groups is 2. The van der Waals surface area contributed by atoms with Crippen LogP contribution in [0.1, 0.15) is 26.3 Å². The summed E-state index contributed by atoms with van der Waals surface area (Å²) in [5.74, 6) is -7.98. The van der Waals surface area contributed by atoms with Crippen LogP contribution in [0.4, 0.5) is 32.0 Å². The molecule has 13 heteroatoms. The van der Waals surface area contributed by atoms with Crippen LogP contribution < -0.4 is 20.3 Å². The summed E-state index contributed by atoms with van der Waals surface area (Å²) in [5, 5.41) is 10.8. The first-order valence-electron chi connectivity index (χ1n) is 9.47. The average molecular weight is 500 g/mol. The van der Waals surface area contributed by atoms with Crippen molar-refractivity contribution in [3.63, 3.8) is 0 Å². The lowest BCUT2D eigenvalue weighted by atomic mass is 10.1. The molecule has 0 aliphatic rings. The molecular formula is C22H14F6N2O5. The zero-order chi connectivity index (χ0) is 25.9. The number of halogens is 6. The van der Waals surface area contributed by atoms with Gasteiger partial charge in [0, 0.05) is 5.69 Å². The second kappa shape index (κ2) is 9.93. The van der Waals surface area contributed by atoms with E-state index in [1.54, 1.807) is 0 Å². The number of hydrogen-bond acceptors (Lipinski definition) is 5. The molecule has 2 amide bonds. The number of alkyl halides is 3. The maximum atomic E-state index is 15.0. The van der Waals surface area contributed by atoms with Gasteiger partial charge in [0.15, 0.2) is 11.6 Å². The standard InChI is InChI=1S/C22H14F6N2O5/c1-10-8-11(23)2-5-15(10)34-16-6-7-17(35-22(26,27)28)19(25)18(16)21(32)29-12-3-4-14(24)13(9-12)20(31)30-33/h2-9,33H,1H3,(H,29,32)(H,30,31). The maximum absolute atomic E-state index is 15.0. The topological polar surface area (TPSA) is 96.9 Å². The summed E-state index contributed by atoms with van der Waals surface area (Å²) in [6.07, 6.45) is -5.28. The Morgan fingerprint density at radius 3 is 2.17 bits per heavy atom. The van der Waals surface area contributed by atoms with Crippen LogP contribution in [0.25, 0.3) is 0 Å². The molecule has 3 rings (SSSR count). The average Bonchev–Trinajstić information content (AvgIpc) is 2.77. The first-order valence-corrected chi connectivity index (χ1v) is 9.47. The van der Waals surface area contributed by atoms with Crippen molar-refractivity contribution in [2.75, 3.05) is 5.32 Å². The van der Waals surface area contributed by atoms with Gasteiger partial charge in [0.25, 0.3) is 11.8 Å². The van der Waals surface area contributed by atoms with Gasteiger partial charge in [-0.25, -0.2) is 18.7 Å². The third kappa shape index (κ3) is 6.00. The molecule has 7 nitrogen and oxygen atoms in total. The minimum Gasteiger partial charge on any atom is -0.456 e. The quantitative estimate of drug-likeness (QED) is 0.237. The van der Waals surface area contributed by atoms with E-state index in [9.17, 15) is 31.5 Å². The Hall–Kier alpha value is -4.26. The van der Waals surface area contributed by atoms with Crippen molar-refractivity contribution >= 4 is 17.5 Å². The van der Waals surface area contributed by atoms with Crippen LogP contribution in [-0.4, -0.2) is 23.4 Å². The summed E-state index contributed by atoms with van der Waals surface area (Å²) in [5.41, 5.74) is -0.583. The molecule has 3 N–H and O–H groups in total. The largest absolute Gasteiger partial charge is 0.573 e. The van der Waals surface area contributed by atoms with Crippen LogP contribution in [0.5, 0.6) is 17.2 Å². The van der Waals surface area contributed by atoms with Crippen molar-refractivity contribution in [2.45, 2.75) is 13.3 Å². The van der Waals surface area contributed by atoms with Crippen molar-refractivity contribution in [3.8, 4) is 17.2 Å². The monoisotopic (exact) mass is 500 g/mol. The fourth-order valence-electron chi connectivity index (χ4n) is 2.92. The molecule has 35 heavy (non-hydrogen) atoms. The Morgan fingerprint density at radius 1 is 0.886 bits per heavy atom. The number of carbonyl (C=O) groups excluding carboxylic acids is 2. The van der Waals surface area contributed by atoms with Crippen LogP contribution in [-0.2, 0) is 0 Å². The second-order valence-electron chi connectivity index (χ2n) is 6.90. The van der Waals surface area contributed by atoms with Crippen molar-refractivity contribution in [3.05, 3.63) is 82.7 Å². The smallest absolute Gasteiger partial charge is 0.456 e. The number of rotatable bonds is 6. The van der Waals surface area contributed by atoms with Gasteiger partial charge < -0.3 is 14.8 Å². The van der Waals surface area contributed by atoms with Crippen LogP contribution >= 0.6 is 0 Å². The number of ether oxygens (including phenoxy) is 2. The Labute approximate surface area is 192 Å². The molecule has 0 aromatic heterocycles. The Morgan fingerprint density at radius 2 is 1.54 bits per heavy atom.